The van der Waals surface area contributed by atoms with E-state index in [1.54, 1.807) is 6.07 Å². The molecule has 0 spiro atoms. The van der Waals surface area contributed by atoms with E-state index in [2.05, 4.69) is 10.6 Å². The Labute approximate surface area is 165 Å². The number of nitrogens with one attached hydrogen (secondary N) is 2. The summed E-state index contributed by atoms with van der Waals surface area (Å²) in [5.74, 6) is -0.321. The molecule has 1 aliphatic rings. The average Bonchev–Trinajstić information content (AvgIpc) is 2.98. The third kappa shape index (κ3) is 2.64. The van der Waals surface area contributed by atoms with Gasteiger partial charge in [0, 0.05) is 33.6 Å². The Morgan fingerprint density at radius 3 is 2.86 bits per heavy atom. The number of fused-ring (bicyclic) bond motifs is 5. The topological polar surface area (TPSA) is 54.0 Å². The van der Waals surface area contributed by atoms with Crippen LogP contribution in [0.25, 0.3) is 32.2 Å². The largest absolute Gasteiger partial charge is 0.381 e. The Bertz CT molecular complexity index is 1260. The molecule has 0 radical (unpaired) electrons. The van der Waals surface area contributed by atoms with Crippen LogP contribution in [0.3, 0.4) is 0 Å². The maximum atomic E-state index is 14.4. The number of aromatic nitrogens is 1. The summed E-state index contributed by atoms with van der Waals surface area (Å²) in [4.78, 5) is 17.9. The van der Waals surface area contributed by atoms with E-state index < -0.39 is 0 Å². The summed E-state index contributed by atoms with van der Waals surface area (Å²) in [6, 6.07) is 13.0. The molecule has 0 fully saturated rings. The second-order valence-corrected chi connectivity index (χ2v) is 8.30. The molecule has 0 unspecified atom stereocenters. The molecule has 5 rings (SSSR count). The summed E-state index contributed by atoms with van der Waals surface area (Å²) in [6.45, 7) is 4.51. The first-order valence-electron chi connectivity index (χ1n) is 9.19. The van der Waals surface area contributed by atoms with Crippen LogP contribution in [0, 0.1) is 12.7 Å². The number of pyridine rings is 1. The highest BCUT2D eigenvalue weighted by Crippen LogP contribution is 2.41. The molecular formula is C22H18FN3OS. The van der Waals surface area contributed by atoms with Crippen molar-refractivity contribution in [1.82, 2.24) is 10.3 Å². The lowest BCUT2D eigenvalue weighted by Crippen LogP contribution is -2.34. The van der Waals surface area contributed by atoms with Crippen LogP contribution < -0.4 is 10.6 Å². The van der Waals surface area contributed by atoms with E-state index in [-0.39, 0.29) is 17.8 Å². The summed E-state index contributed by atoms with van der Waals surface area (Å²) in [7, 11) is 0. The minimum Gasteiger partial charge on any atom is -0.381 e. The first kappa shape index (κ1) is 17.1. The number of rotatable bonds is 1. The second-order valence-electron chi connectivity index (χ2n) is 7.25. The molecule has 0 saturated heterocycles. The van der Waals surface area contributed by atoms with Crippen molar-refractivity contribution in [3.8, 4) is 11.3 Å². The van der Waals surface area contributed by atoms with E-state index in [4.69, 9.17) is 4.98 Å². The molecule has 3 heterocycles. The predicted molar refractivity (Wildman–Crippen MR) is 113 cm³/mol. The van der Waals surface area contributed by atoms with Gasteiger partial charge in [0.1, 0.15) is 10.7 Å². The van der Waals surface area contributed by atoms with E-state index >= 15 is 0 Å². The number of carbonyl (C=O) groups is 1. The number of benzene rings is 2. The number of anilines is 1. The minimum absolute atomic E-state index is 0.0480. The standard InChI is InChI=1S/C22H18FN3OS/c1-11-3-4-13(15(23)9-11)16-6-5-14-17(26-16)7-8-18-19(14)20-21(28-18)22(27)25-12(2)10-24-20/h3-9,12,24H,10H2,1-2H3,(H,25,27)/t12-/m1/s1. The van der Waals surface area contributed by atoms with E-state index in [9.17, 15) is 9.18 Å². The highest BCUT2D eigenvalue weighted by atomic mass is 32.1. The Balaban J connectivity index is 1.72. The first-order chi connectivity index (χ1) is 13.5. The van der Waals surface area contributed by atoms with Crippen molar-refractivity contribution < 1.29 is 9.18 Å². The van der Waals surface area contributed by atoms with Crippen molar-refractivity contribution in [3.63, 3.8) is 0 Å². The van der Waals surface area contributed by atoms with Crippen LogP contribution in [0.5, 0.6) is 0 Å². The van der Waals surface area contributed by atoms with Crippen molar-refractivity contribution >= 4 is 43.9 Å². The van der Waals surface area contributed by atoms with Gasteiger partial charge in [-0.1, -0.05) is 6.07 Å². The summed E-state index contributed by atoms with van der Waals surface area (Å²) < 4.78 is 15.4. The van der Waals surface area contributed by atoms with Crippen molar-refractivity contribution in [3.05, 3.63) is 58.7 Å². The Morgan fingerprint density at radius 2 is 2.04 bits per heavy atom. The fourth-order valence-electron chi connectivity index (χ4n) is 3.70. The summed E-state index contributed by atoms with van der Waals surface area (Å²) >= 11 is 1.48. The average molecular weight is 391 g/mol. The highest BCUT2D eigenvalue weighted by Gasteiger charge is 2.24. The Kier molecular flexibility index (Phi) is 3.84. The molecule has 1 amide bonds. The quantitative estimate of drug-likeness (QED) is 0.474. The summed E-state index contributed by atoms with van der Waals surface area (Å²) in [6.07, 6.45) is 0. The molecule has 4 aromatic rings. The van der Waals surface area contributed by atoms with E-state index in [0.717, 1.165) is 32.2 Å². The predicted octanol–water partition coefficient (Wildman–Crippen LogP) is 5.11. The maximum Gasteiger partial charge on any atom is 0.263 e. The highest BCUT2D eigenvalue weighted by molar-refractivity contribution is 7.21. The van der Waals surface area contributed by atoms with Crippen molar-refractivity contribution in [1.29, 1.82) is 0 Å². The van der Waals surface area contributed by atoms with Crippen molar-refractivity contribution in [2.24, 2.45) is 0 Å². The number of carbonyl (C=O) groups excluding carboxylic acids is 1. The van der Waals surface area contributed by atoms with Gasteiger partial charge in [0.15, 0.2) is 0 Å². The molecule has 2 aromatic carbocycles. The first-order valence-corrected chi connectivity index (χ1v) is 10.0. The monoisotopic (exact) mass is 391 g/mol. The van der Waals surface area contributed by atoms with Crippen LogP contribution in [0.1, 0.15) is 22.2 Å². The van der Waals surface area contributed by atoms with Crippen LogP contribution in [-0.2, 0) is 0 Å². The van der Waals surface area contributed by atoms with Gasteiger partial charge in [-0.3, -0.25) is 4.79 Å². The number of nitrogens with zero attached hydrogens (tertiary/aromatic N) is 1. The molecule has 2 N–H and O–H groups in total. The smallest absolute Gasteiger partial charge is 0.263 e. The van der Waals surface area contributed by atoms with Crippen LogP contribution in [0.2, 0.25) is 0 Å². The number of thiophene rings is 1. The van der Waals surface area contributed by atoms with Gasteiger partial charge in [0.05, 0.1) is 16.9 Å². The molecule has 2 aromatic heterocycles. The van der Waals surface area contributed by atoms with Gasteiger partial charge in [-0.05, 0) is 55.8 Å². The molecule has 1 atom stereocenters. The number of hydrogen-bond acceptors (Lipinski definition) is 4. The fraction of sp³-hybridized carbons (Fsp3) is 0.182. The molecule has 6 heteroatoms. The van der Waals surface area contributed by atoms with E-state index in [0.29, 0.717) is 22.7 Å². The zero-order valence-corrected chi connectivity index (χ0v) is 16.3. The van der Waals surface area contributed by atoms with E-state index in [1.807, 2.05) is 44.2 Å². The van der Waals surface area contributed by atoms with Gasteiger partial charge in [-0.25, -0.2) is 9.37 Å². The van der Waals surface area contributed by atoms with E-state index in [1.165, 1.54) is 17.4 Å². The third-order valence-corrected chi connectivity index (χ3v) is 6.25. The lowest BCUT2D eigenvalue weighted by Gasteiger charge is -2.10. The van der Waals surface area contributed by atoms with Gasteiger partial charge in [-0.2, -0.15) is 0 Å². The summed E-state index contributed by atoms with van der Waals surface area (Å²) in [5.41, 5.74) is 3.62. The zero-order chi connectivity index (χ0) is 19.4. The van der Waals surface area contributed by atoms with Crippen molar-refractivity contribution in [2.75, 3.05) is 11.9 Å². The molecule has 0 aliphatic carbocycles. The molecule has 140 valence electrons. The summed E-state index contributed by atoms with van der Waals surface area (Å²) in [5, 5.41) is 8.39. The van der Waals surface area contributed by atoms with Gasteiger partial charge >= 0.3 is 0 Å². The molecule has 28 heavy (non-hydrogen) atoms. The SMILES string of the molecule is Cc1ccc(-c2ccc3c(ccc4sc5c(c43)NC[C@@H](C)NC5=O)n2)c(F)c1. The Hall–Kier alpha value is -2.99. The number of hydrogen-bond donors (Lipinski definition) is 2. The number of halogens is 1. The van der Waals surface area contributed by atoms with Gasteiger partial charge in [0.25, 0.3) is 5.91 Å². The molecule has 4 nitrogen and oxygen atoms in total. The number of amides is 1. The van der Waals surface area contributed by atoms with Gasteiger partial charge in [0.2, 0.25) is 0 Å². The van der Waals surface area contributed by atoms with Crippen molar-refractivity contribution in [2.45, 2.75) is 19.9 Å². The van der Waals surface area contributed by atoms with Crippen LogP contribution >= 0.6 is 11.3 Å². The zero-order valence-electron chi connectivity index (χ0n) is 15.5. The molecule has 0 saturated carbocycles. The van der Waals surface area contributed by atoms with Crippen LogP contribution in [-0.4, -0.2) is 23.5 Å². The lowest BCUT2D eigenvalue weighted by atomic mass is 10.0. The fourth-order valence-corrected chi connectivity index (χ4v) is 4.80. The Morgan fingerprint density at radius 1 is 1.18 bits per heavy atom. The minimum atomic E-state index is -0.273. The molecule has 0 bridgehead atoms. The van der Waals surface area contributed by atoms with Gasteiger partial charge < -0.3 is 10.6 Å². The van der Waals surface area contributed by atoms with Gasteiger partial charge in [-0.15, -0.1) is 11.3 Å². The van der Waals surface area contributed by atoms with Crippen LogP contribution in [0.15, 0.2) is 42.5 Å². The molecular weight excluding hydrogens is 373 g/mol. The lowest BCUT2D eigenvalue weighted by molar-refractivity contribution is 0.0949. The third-order valence-electron chi connectivity index (χ3n) is 5.09. The molecule has 1 aliphatic heterocycles. The maximum absolute atomic E-state index is 14.4. The second kappa shape index (κ2) is 6.27. The van der Waals surface area contributed by atoms with Crippen LogP contribution in [0.4, 0.5) is 10.1 Å². The normalized spacial score (nSPS) is 16.5. The number of aryl methyl sites for hydroxylation is 1.